The van der Waals surface area contributed by atoms with Crippen molar-refractivity contribution in [2.45, 2.75) is 40.5 Å². The fraction of sp³-hybridized carbons (Fsp3) is 0.538. The lowest BCUT2D eigenvalue weighted by molar-refractivity contribution is 0.834. The minimum atomic E-state index is 0.762. The van der Waals surface area contributed by atoms with Crippen molar-refractivity contribution >= 4 is 0 Å². The van der Waals surface area contributed by atoms with Crippen LogP contribution in [0.3, 0.4) is 0 Å². The van der Waals surface area contributed by atoms with E-state index in [2.05, 4.69) is 32.6 Å². The molecule has 2 N–H and O–H groups in total. The molecule has 0 bridgehead atoms. The normalized spacial score (nSPS) is 11.8. The Labute approximate surface area is 89.4 Å². The lowest BCUT2D eigenvalue weighted by Gasteiger charge is -2.00. The number of allylic oxidation sites excluding steroid dienone is 5. The van der Waals surface area contributed by atoms with Crippen LogP contribution in [0.4, 0.5) is 0 Å². The predicted octanol–water partition coefficient (Wildman–Crippen LogP) is 3.83. The lowest BCUT2D eigenvalue weighted by Crippen LogP contribution is -1.98. The molecule has 0 saturated heterocycles. The summed E-state index contributed by atoms with van der Waals surface area (Å²) in [6.07, 6.45) is 8.27. The molecular weight excluding hydrogens is 170 g/mol. The number of hydrogen-bond donors (Lipinski definition) is 1. The highest BCUT2D eigenvalue weighted by Gasteiger charge is 1.91. The Bertz CT molecular complexity index is 187. The summed E-state index contributed by atoms with van der Waals surface area (Å²) in [5, 5.41) is 0. The molecule has 0 aliphatic rings. The first kappa shape index (κ1) is 15.6. The molecule has 0 amide bonds. The average Bonchev–Trinajstić information content (AvgIpc) is 2.26. The van der Waals surface area contributed by atoms with Gasteiger partial charge in [-0.15, -0.1) is 0 Å². The molecule has 0 spiro atoms. The maximum atomic E-state index is 5.43. The van der Waals surface area contributed by atoms with Gasteiger partial charge in [-0.3, -0.25) is 0 Å². The molecule has 0 aromatic carbocycles. The molecule has 0 unspecified atom stereocenters. The Morgan fingerprint density at radius 2 is 1.93 bits per heavy atom. The van der Waals surface area contributed by atoms with Gasteiger partial charge in [0.15, 0.2) is 0 Å². The van der Waals surface area contributed by atoms with Gasteiger partial charge in [0.25, 0.3) is 0 Å². The van der Waals surface area contributed by atoms with Crippen LogP contribution < -0.4 is 5.73 Å². The van der Waals surface area contributed by atoms with Crippen LogP contribution in [0.5, 0.6) is 0 Å². The van der Waals surface area contributed by atoms with E-state index in [1.165, 1.54) is 11.1 Å². The van der Waals surface area contributed by atoms with E-state index in [9.17, 15) is 0 Å². The molecule has 0 aromatic rings. The van der Waals surface area contributed by atoms with Crippen LogP contribution in [-0.4, -0.2) is 6.54 Å². The molecule has 0 aliphatic heterocycles. The summed E-state index contributed by atoms with van der Waals surface area (Å²) in [4.78, 5) is 0. The topological polar surface area (TPSA) is 26.0 Å². The Morgan fingerprint density at radius 1 is 1.36 bits per heavy atom. The minimum Gasteiger partial charge on any atom is -0.330 e. The van der Waals surface area contributed by atoms with E-state index in [-0.39, 0.29) is 0 Å². The van der Waals surface area contributed by atoms with Gasteiger partial charge in [0.05, 0.1) is 0 Å². The molecule has 0 atom stereocenters. The second-order valence-corrected chi connectivity index (χ2v) is 2.85. The van der Waals surface area contributed by atoms with E-state index in [4.69, 9.17) is 5.73 Å². The Hall–Kier alpha value is -0.820. The quantitative estimate of drug-likeness (QED) is 0.663. The monoisotopic (exact) mass is 195 g/mol. The van der Waals surface area contributed by atoms with Gasteiger partial charge < -0.3 is 5.73 Å². The first-order valence-electron chi connectivity index (χ1n) is 5.40. The zero-order chi connectivity index (χ0) is 11.4. The highest BCUT2D eigenvalue weighted by molar-refractivity contribution is 5.27. The molecule has 0 heterocycles. The Kier molecular flexibility index (Phi) is 13.6. The number of nitrogens with two attached hydrogens (primary N) is 1. The van der Waals surface area contributed by atoms with Gasteiger partial charge in [0.2, 0.25) is 0 Å². The van der Waals surface area contributed by atoms with Gasteiger partial charge in [0, 0.05) is 0 Å². The Morgan fingerprint density at radius 3 is 2.29 bits per heavy atom. The van der Waals surface area contributed by atoms with Gasteiger partial charge >= 0.3 is 0 Å². The van der Waals surface area contributed by atoms with E-state index in [1.54, 1.807) is 0 Å². The van der Waals surface area contributed by atoms with Crippen LogP contribution in [0.15, 0.2) is 36.0 Å². The van der Waals surface area contributed by atoms with E-state index in [1.807, 2.05) is 19.9 Å². The minimum absolute atomic E-state index is 0.762. The summed E-state index contributed by atoms with van der Waals surface area (Å²) < 4.78 is 0. The molecule has 0 radical (unpaired) electrons. The molecule has 14 heavy (non-hydrogen) atoms. The van der Waals surface area contributed by atoms with Crippen molar-refractivity contribution in [2.24, 2.45) is 5.73 Å². The maximum absolute atomic E-state index is 5.43. The Balaban J connectivity index is 0. The van der Waals surface area contributed by atoms with Crippen LogP contribution in [0.25, 0.3) is 0 Å². The van der Waals surface area contributed by atoms with Crippen molar-refractivity contribution in [2.75, 3.05) is 6.54 Å². The summed E-state index contributed by atoms with van der Waals surface area (Å²) in [7, 11) is 0. The van der Waals surface area contributed by atoms with Crippen LogP contribution in [-0.2, 0) is 0 Å². The van der Waals surface area contributed by atoms with Crippen molar-refractivity contribution in [3.05, 3.63) is 36.0 Å². The second kappa shape index (κ2) is 12.2. The van der Waals surface area contributed by atoms with Crippen LogP contribution in [0, 0.1) is 0 Å². The summed E-state index contributed by atoms with van der Waals surface area (Å²) in [5.74, 6) is 0. The third-order valence-electron chi connectivity index (χ3n) is 1.78. The summed E-state index contributed by atoms with van der Waals surface area (Å²) in [6.45, 7) is 12.6. The van der Waals surface area contributed by atoms with Crippen molar-refractivity contribution in [3.63, 3.8) is 0 Å². The summed E-state index contributed by atoms with van der Waals surface area (Å²) in [5.41, 5.74) is 7.98. The van der Waals surface area contributed by atoms with E-state index in [0.29, 0.717) is 0 Å². The molecule has 0 saturated carbocycles. The lowest BCUT2D eigenvalue weighted by atomic mass is 10.1. The maximum Gasteiger partial charge on any atom is -0.00741 e. The van der Waals surface area contributed by atoms with Gasteiger partial charge in [-0.1, -0.05) is 49.8 Å². The third-order valence-corrected chi connectivity index (χ3v) is 1.78. The van der Waals surface area contributed by atoms with Crippen LogP contribution in [0.1, 0.15) is 40.5 Å². The molecule has 0 rings (SSSR count). The van der Waals surface area contributed by atoms with Gasteiger partial charge in [-0.2, -0.15) is 0 Å². The van der Waals surface area contributed by atoms with E-state index in [0.717, 1.165) is 19.4 Å². The van der Waals surface area contributed by atoms with Crippen molar-refractivity contribution in [1.29, 1.82) is 0 Å². The highest BCUT2D eigenvalue weighted by atomic mass is 14.5. The fourth-order valence-electron chi connectivity index (χ4n) is 0.957. The van der Waals surface area contributed by atoms with Gasteiger partial charge in [0.1, 0.15) is 0 Å². The fourth-order valence-corrected chi connectivity index (χ4v) is 0.957. The van der Waals surface area contributed by atoms with Crippen molar-refractivity contribution in [1.82, 2.24) is 0 Å². The van der Waals surface area contributed by atoms with E-state index < -0.39 is 0 Å². The summed E-state index contributed by atoms with van der Waals surface area (Å²) in [6, 6.07) is 0. The number of hydrogen-bond acceptors (Lipinski definition) is 1. The van der Waals surface area contributed by atoms with Crippen molar-refractivity contribution in [3.8, 4) is 0 Å². The zero-order valence-corrected chi connectivity index (χ0v) is 10.1. The SMILES string of the molecule is C=C/C(C)=C\C(=C/C)CCCN.CC. The molecular formula is C13H25N. The molecule has 1 nitrogen and oxygen atoms in total. The highest BCUT2D eigenvalue weighted by Crippen LogP contribution is 2.09. The third kappa shape index (κ3) is 9.27. The van der Waals surface area contributed by atoms with Crippen LogP contribution in [0.2, 0.25) is 0 Å². The van der Waals surface area contributed by atoms with E-state index >= 15 is 0 Å². The first-order valence-corrected chi connectivity index (χ1v) is 5.40. The zero-order valence-electron chi connectivity index (χ0n) is 10.1. The predicted molar refractivity (Wildman–Crippen MR) is 67.3 cm³/mol. The summed E-state index contributed by atoms with van der Waals surface area (Å²) >= 11 is 0. The first-order chi connectivity index (χ1) is 6.74. The van der Waals surface area contributed by atoms with Crippen LogP contribution >= 0.6 is 0 Å². The van der Waals surface area contributed by atoms with Gasteiger partial charge in [-0.05, 0) is 33.2 Å². The number of rotatable bonds is 5. The standard InChI is InChI=1S/C11H19N.C2H6/c1-4-10(3)9-11(5-2)7-6-8-12;1-2/h4-5,9H,1,6-8,12H2,2-3H3;1-2H3/b10-9-,11-5-;. The van der Waals surface area contributed by atoms with Crippen molar-refractivity contribution < 1.29 is 0 Å². The molecule has 0 aromatic heterocycles. The molecule has 82 valence electrons. The molecule has 0 fully saturated rings. The smallest absolute Gasteiger partial charge is 0.00741 e. The largest absolute Gasteiger partial charge is 0.330 e. The molecule has 1 heteroatoms. The second-order valence-electron chi connectivity index (χ2n) is 2.85. The molecule has 0 aliphatic carbocycles. The average molecular weight is 195 g/mol. The van der Waals surface area contributed by atoms with Gasteiger partial charge in [-0.25, -0.2) is 0 Å².